The highest BCUT2D eigenvalue weighted by Crippen LogP contribution is 2.35. The highest BCUT2D eigenvalue weighted by Gasteiger charge is 2.25. The second-order valence-corrected chi connectivity index (χ2v) is 8.08. The Hall–Kier alpha value is -3.46. The van der Waals surface area contributed by atoms with Gasteiger partial charge in [0.2, 0.25) is 0 Å². The summed E-state index contributed by atoms with van der Waals surface area (Å²) in [5.41, 5.74) is 1.06. The van der Waals surface area contributed by atoms with Crippen LogP contribution in [0.3, 0.4) is 0 Å². The first-order valence-corrected chi connectivity index (χ1v) is 11.0. The number of hydrogen-bond donors (Lipinski definition) is 1. The molecule has 4 rings (SSSR count). The van der Waals surface area contributed by atoms with Crippen LogP contribution in [0.15, 0.2) is 41.8 Å². The quantitative estimate of drug-likeness (QED) is 0.594. The summed E-state index contributed by atoms with van der Waals surface area (Å²) in [6, 6.07) is 9.38. The van der Waals surface area contributed by atoms with E-state index in [-0.39, 0.29) is 11.6 Å². The molecule has 1 fully saturated rings. The molecule has 0 bridgehead atoms. The van der Waals surface area contributed by atoms with Crippen molar-refractivity contribution >= 4 is 28.8 Å². The third kappa shape index (κ3) is 4.29. The lowest BCUT2D eigenvalue weighted by molar-refractivity contribution is 0.0793. The van der Waals surface area contributed by atoms with Gasteiger partial charge in [-0.3, -0.25) is 9.59 Å². The molecule has 2 amide bonds. The van der Waals surface area contributed by atoms with Crippen LogP contribution in [0.2, 0.25) is 0 Å². The summed E-state index contributed by atoms with van der Waals surface area (Å²) in [6.45, 7) is 1.33. The topological polar surface area (TPSA) is 80.8 Å². The Kier molecular flexibility index (Phi) is 6.36. The number of hydrogen-bond acceptors (Lipinski definition) is 6. The van der Waals surface area contributed by atoms with Gasteiger partial charge < -0.3 is 19.7 Å². The van der Waals surface area contributed by atoms with Gasteiger partial charge in [0, 0.05) is 30.1 Å². The monoisotopic (exact) mass is 455 g/mol. The molecule has 2 heterocycles. The molecule has 9 heteroatoms. The van der Waals surface area contributed by atoms with Crippen LogP contribution in [0.1, 0.15) is 33.7 Å². The van der Waals surface area contributed by atoms with Gasteiger partial charge in [0.1, 0.15) is 16.5 Å². The van der Waals surface area contributed by atoms with E-state index in [1.165, 1.54) is 31.6 Å². The Morgan fingerprint density at radius 1 is 1.09 bits per heavy atom. The summed E-state index contributed by atoms with van der Waals surface area (Å²) >= 11 is 1.17. The van der Waals surface area contributed by atoms with E-state index in [2.05, 4.69) is 10.3 Å². The van der Waals surface area contributed by atoms with Crippen molar-refractivity contribution in [2.24, 2.45) is 0 Å². The molecule has 1 saturated heterocycles. The van der Waals surface area contributed by atoms with Crippen LogP contribution >= 0.6 is 11.3 Å². The number of thiazole rings is 1. The lowest BCUT2D eigenvalue weighted by Gasteiger charge is -2.20. The molecule has 0 aliphatic carbocycles. The average molecular weight is 456 g/mol. The van der Waals surface area contributed by atoms with Gasteiger partial charge in [0.05, 0.1) is 25.5 Å². The van der Waals surface area contributed by atoms with Crippen LogP contribution in [0, 0.1) is 5.82 Å². The summed E-state index contributed by atoms with van der Waals surface area (Å²) in [5.74, 6) is -0.336. The first-order chi connectivity index (χ1) is 15.5. The molecule has 32 heavy (non-hydrogen) atoms. The molecule has 0 atom stereocenters. The van der Waals surface area contributed by atoms with Crippen molar-refractivity contribution in [1.82, 2.24) is 9.88 Å². The van der Waals surface area contributed by atoms with Crippen molar-refractivity contribution in [3.8, 4) is 22.1 Å². The number of anilines is 1. The highest BCUT2D eigenvalue weighted by atomic mass is 32.1. The molecule has 0 radical (unpaired) electrons. The fourth-order valence-corrected chi connectivity index (χ4v) is 4.40. The van der Waals surface area contributed by atoms with E-state index >= 15 is 0 Å². The number of benzene rings is 2. The number of nitrogens with zero attached hydrogens (tertiary/aromatic N) is 2. The van der Waals surface area contributed by atoms with Crippen LogP contribution in [0.25, 0.3) is 10.6 Å². The number of carbonyl (C=O) groups is 2. The first-order valence-electron chi connectivity index (χ1n) is 10.1. The van der Waals surface area contributed by atoms with Crippen LogP contribution in [-0.2, 0) is 0 Å². The molecule has 1 aliphatic rings. The molecule has 7 nitrogen and oxygen atoms in total. The Morgan fingerprint density at radius 2 is 1.78 bits per heavy atom. The largest absolute Gasteiger partial charge is 0.493 e. The Bertz CT molecular complexity index is 1160. The number of methoxy groups -OCH3 is 2. The van der Waals surface area contributed by atoms with Gasteiger partial charge >= 0.3 is 0 Å². The molecule has 1 aromatic heterocycles. The number of amides is 2. The number of rotatable bonds is 6. The Labute approximate surface area is 188 Å². The van der Waals surface area contributed by atoms with Gasteiger partial charge in [-0.2, -0.15) is 0 Å². The zero-order valence-electron chi connectivity index (χ0n) is 17.7. The molecule has 1 aliphatic heterocycles. The normalized spacial score (nSPS) is 13.2. The third-order valence-corrected chi connectivity index (χ3v) is 6.11. The van der Waals surface area contributed by atoms with E-state index in [9.17, 15) is 14.0 Å². The molecule has 0 unspecified atom stereocenters. The van der Waals surface area contributed by atoms with Crippen molar-refractivity contribution in [2.45, 2.75) is 12.8 Å². The zero-order chi connectivity index (χ0) is 22.7. The van der Waals surface area contributed by atoms with Gasteiger partial charge in [-0.1, -0.05) is 12.1 Å². The number of ether oxygens (including phenoxy) is 2. The van der Waals surface area contributed by atoms with E-state index in [0.29, 0.717) is 46.4 Å². The maximum Gasteiger partial charge on any atom is 0.275 e. The summed E-state index contributed by atoms with van der Waals surface area (Å²) in [6.07, 6.45) is 1.89. The SMILES string of the molecule is COc1cc(NC(=O)c2csc(-c3ccccc3F)n2)c(C(=O)N2CCCC2)cc1OC. The van der Waals surface area contributed by atoms with E-state index in [0.717, 1.165) is 12.8 Å². The molecule has 0 spiro atoms. The van der Waals surface area contributed by atoms with Gasteiger partial charge in [-0.05, 0) is 31.0 Å². The van der Waals surface area contributed by atoms with E-state index in [1.807, 2.05) is 0 Å². The fraction of sp³-hybridized carbons (Fsp3) is 0.261. The minimum absolute atomic E-state index is 0.127. The molecule has 1 N–H and O–H groups in total. The Morgan fingerprint density at radius 3 is 2.47 bits per heavy atom. The summed E-state index contributed by atoms with van der Waals surface area (Å²) in [5, 5.41) is 4.72. The van der Waals surface area contributed by atoms with Crippen molar-refractivity contribution in [3.05, 3.63) is 58.9 Å². The van der Waals surface area contributed by atoms with E-state index < -0.39 is 11.7 Å². The second kappa shape index (κ2) is 9.35. The minimum atomic E-state index is -0.508. The van der Waals surface area contributed by atoms with Crippen molar-refractivity contribution in [1.29, 1.82) is 0 Å². The molecule has 3 aromatic rings. The molecule has 2 aromatic carbocycles. The summed E-state index contributed by atoms with van der Waals surface area (Å²) in [4.78, 5) is 32.1. The van der Waals surface area contributed by atoms with Gasteiger partial charge in [-0.15, -0.1) is 11.3 Å². The standard InChI is InChI=1S/C23H22FN3O4S/c1-30-19-11-15(23(29)27-9-5-6-10-27)17(12-20(19)31-2)25-21(28)18-13-32-22(26-18)14-7-3-4-8-16(14)24/h3-4,7-8,11-13H,5-6,9-10H2,1-2H3,(H,25,28). The highest BCUT2D eigenvalue weighted by molar-refractivity contribution is 7.13. The summed E-state index contributed by atoms with van der Waals surface area (Å²) in [7, 11) is 2.96. The van der Waals surface area contributed by atoms with Crippen molar-refractivity contribution in [3.63, 3.8) is 0 Å². The molecule has 0 saturated carbocycles. The summed E-state index contributed by atoms with van der Waals surface area (Å²) < 4.78 is 24.8. The predicted molar refractivity (Wildman–Crippen MR) is 120 cm³/mol. The smallest absolute Gasteiger partial charge is 0.275 e. The molecular formula is C23H22FN3O4S. The number of nitrogens with one attached hydrogen (secondary N) is 1. The molecular weight excluding hydrogens is 433 g/mol. The van der Waals surface area contributed by atoms with Crippen LogP contribution < -0.4 is 14.8 Å². The van der Waals surface area contributed by atoms with Crippen LogP contribution in [0.4, 0.5) is 10.1 Å². The Balaban J connectivity index is 1.65. The lowest BCUT2D eigenvalue weighted by atomic mass is 10.1. The van der Waals surface area contributed by atoms with Gasteiger partial charge in [0.25, 0.3) is 11.8 Å². The number of aromatic nitrogens is 1. The van der Waals surface area contributed by atoms with Crippen molar-refractivity contribution < 1.29 is 23.5 Å². The number of carbonyl (C=O) groups excluding carboxylic acids is 2. The fourth-order valence-electron chi connectivity index (χ4n) is 3.57. The number of likely N-dealkylation sites (tertiary alicyclic amines) is 1. The van der Waals surface area contributed by atoms with Gasteiger partial charge in [-0.25, -0.2) is 9.37 Å². The second-order valence-electron chi connectivity index (χ2n) is 7.22. The predicted octanol–water partition coefficient (Wildman–Crippen LogP) is 4.45. The van der Waals surface area contributed by atoms with Crippen molar-refractivity contribution in [2.75, 3.05) is 32.6 Å². The van der Waals surface area contributed by atoms with Crippen LogP contribution in [0.5, 0.6) is 11.5 Å². The third-order valence-electron chi connectivity index (χ3n) is 5.24. The van der Waals surface area contributed by atoms with Gasteiger partial charge in [0.15, 0.2) is 11.5 Å². The number of halogens is 1. The maximum absolute atomic E-state index is 14.1. The first kappa shape index (κ1) is 21.8. The maximum atomic E-state index is 14.1. The average Bonchev–Trinajstić information content (AvgIpc) is 3.51. The minimum Gasteiger partial charge on any atom is -0.493 e. The van der Waals surface area contributed by atoms with E-state index in [4.69, 9.17) is 9.47 Å². The lowest BCUT2D eigenvalue weighted by Crippen LogP contribution is -2.29. The zero-order valence-corrected chi connectivity index (χ0v) is 18.5. The van der Waals surface area contributed by atoms with Crippen LogP contribution in [-0.4, -0.2) is 49.0 Å². The molecule has 166 valence electrons. The van der Waals surface area contributed by atoms with E-state index in [1.54, 1.807) is 40.6 Å².